The summed E-state index contributed by atoms with van der Waals surface area (Å²) in [5.41, 5.74) is 1.30. The zero-order valence-corrected chi connectivity index (χ0v) is 14.4. The number of hydrogen-bond donors (Lipinski definition) is 1. The molecule has 1 aliphatic rings. The second kappa shape index (κ2) is 7.24. The molecule has 0 saturated carbocycles. The number of aliphatic hydroxyl groups is 1. The molecule has 1 aliphatic heterocycles. The first-order valence-corrected chi connectivity index (χ1v) is 8.36. The maximum Gasteiger partial charge on any atom is 0.161 e. The smallest absolute Gasteiger partial charge is 0.161 e. The number of ether oxygens (including phenoxy) is 2. The number of rotatable bonds is 5. The lowest BCUT2D eigenvalue weighted by Gasteiger charge is -2.39. The molecule has 0 radical (unpaired) electrons. The monoisotopic (exact) mass is 327 g/mol. The van der Waals surface area contributed by atoms with E-state index in [0.717, 1.165) is 31.5 Å². The van der Waals surface area contributed by atoms with Crippen molar-refractivity contribution in [2.24, 2.45) is 0 Å². The van der Waals surface area contributed by atoms with Gasteiger partial charge >= 0.3 is 0 Å². The van der Waals surface area contributed by atoms with Crippen LogP contribution >= 0.6 is 0 Å². The summed E-state index contributed by atoms with van der Waals surface area (Å²) in [5.74, 6) is 1.34. The quantitative estimate of drug-likeness (QED) is 0.916. The Hall–Kier alpha value is -2.04. The molecule has 3 rings (SSSR count). The van der Waals surface area contributed by atoms with Gasteiger partial charge < -0.3 is 14.6 Å². The van der Waals surface area contributed by atoms with E-state index in [9.17, 15) is 5.11 Å². The van der Waals surface area contributed by atoms with Gasteiger partial charge in [0.1, 0.15) is 5.60 Å². The summed E-state index contributed by atoms with van der Waals surface area (Å²) in [7, 11) is 3.24. The van der Waals surface area contributed by atoms with Crippen molar-refractivity contribution >= 4 is 0 Å². The van der Waals surface area contributed by atoms with Crippen LogP contribution in [-0.2, 0) is 12.1 Å². The normalized spacial score (nSPS) is 21.5. The molecular formula is C20H25NO3. The van der Waals surface area contributed by atoms with E-state index in [1.807, 2.05) is 24.3 Å². The van der Waals surface area contributed by atoms with Gasteiger partial charge in [-0.05, 0) is 42.6 Å². The first-order valence-electron chi connectivity index (χ1n) is 8.36. The lowest BCUT2D eigenvalue weighted by molar-refractivity contribution is -0.0382. The van der Waals surface area contributed by atoms with Gasteiger partial charge in [0, 0.05) is 13.1 Å². The summed E-state index contributed by atoms with van der Waals surface area (Å²) in [6, 6.07) is 16.1. The Morgan fingerprint density at radius 2 is 1.79 bits per heavy atom. The van der Waals surface area contributed by atoms with Crippen LogP contribution in [0.15, 0.2) is 48.5 Å². The largest absolute Gasteiger partial charge is 0.493 e. The zero-order valence-electron chi connectivity index (χ0n) is 14.4. The van der Waals surface area contributed by atoms with E-state index >= 15 is 0 Å². The van der Waals surface area contributed by atoms with Crippen molar-refractivity contribution in [3.05, 3.63) is 59.7 Å². The van der Waals surface area contributed by atoms with Crippen LogP contribution in [0.1, 0.15) is 24.0 Å². The number of piperidine rings is 1. The maximum atomic E-state index is 11.2. The number of benzene rings is 2. The highest BCUT2D eigenvalue weighted by Gasteiger charge is 2.35. The molecule has 0 amide bonds. The Morgan fingerprint density at radius 3 is 2.50 bits per heavy atom. The average molecular weight is 327 g/mol. The minimum Gasteiger partial charge on any atom is -0.493 e. The van der Waals surface area contributed by atoms with Gasteiger partial charge in [0.2, 0.25) is 0 Å². The van der Waals surface area contributed by atoms with Gasteiger partial charge in [0.05, 0.1) is 14.2 Å². The van der Waals surface area contributed by atoms with Gasteiger partial charge in [0.15, 0.2) is 11.5 Å². The molecule has 0 spiro atoms. The highest BCUT2D eigenvalue weighted by atomic mass is 16.5. The number of hydrogen-bond acceptors (Lipinski definition) is 4. The van der Waals surface area contributed by atoms with Crippen molar-refractivity contribution in [2.45, 2.75) is 25.0 Å². The predicted molar refractivity (Wildman–Crippen MR) is 94.4 cm³/mol. The van der Waals surface area contributed by atoms with Gasteiger partial charge in [-0.1, -0.05) is 36.4 Å². The summed E-state index contributed by atoms with van der Waals surface area (Å²) in [6.45, 7) is 2.48. The maximum absolute atomic E-state index is 11.2. The van der Waals surface area contributed by atoms with Crippen LogP contribution in [0.5, 0.6) is 11.5 Å². The summed E-state index contributed by atoms with van der Waals surface area (Å²) in [4.78, 5) is 2.32. The van der Waals surface area contributed by atoms with Crippen LogP contribution in [-0.4, -0.2) is 37.3 Å². The first kappa shape index (κ1) is 16.8. The molecule has 4 nitrogen and oxygen atoms in total. The molecule has 0 aliphatic carbocycles. The Morgan fingerprint density at radius 1 is 1.04 bits per heavy atom. The van der Waals surface area contributed by atoms with Gasteiger partial charge in [-0.25, -0.2) is 0 Å². The van der Waals surface area contributed by atoms with Crippen LogP contribution in [0, 0.1) is 0 Å². The standard InChI is InChI=1S/C20H25NO3/c1-23-18-10-9-17(13-19(18)24-2)20(22)11-6-12-21(15-20)14-16-7-4-3-5-8-16/h3-5,7-10,13,22H,6,11-12,14-15H2,1-2H3. The highest BCUT2D eigenvalue weighted by Crippen LogP contribution is 2.37. The second-order valence-corrected chi connectivity index (χ2v) is 6.40. The molecule has 1 atom stereocenters. The predicted octanol–water partition coefficient (Wildman–Crippen LogP) is 3.19. The van der Waals surface area contributed by atoms with Crippen molar-refractivity contribution in [3.63, 3.8) is 0 Å². The first-order chi connectivity index (χ1) is 11.6. The molecule has 4 heteroatoms. The molecule has 0 aromatic heterocycles. The molecule has 128 valence electrons. The van der Waals surface area contributed by atoms with Gasteiger partial charge in [-0.15, -0.1) is 0 Å². The van der Waals surface area contributed by atoms with E-state index < -0.39 is 5.60 Å². The Kier molecular flexibility index (Phi) is 5.07. The number of β-amino-alcohol motifs (C(OH)–C–C–N with tert-alkyl or cyclic N) is 1. The SMILES string of the molecule is COc1ccc(C2(O)CCCN(Cc3ccccc3)C2)cc1OC. The zero-order chi connectivity index (χ0) is 17.0. The van der Waals surface area contributed by atoms with Gasteiger partial charge in [-0.2, -0.15) is 0 Å². The molecule has 2 aromatic rings. The highest BCUT2D eigenvalue weighted by molar-refractivity contribution is 5.44. The third-order valence-electron chi connectivity index (χ3n) is 4.72. The summed E-state index contributed by atoms with van der Waals surface area (Å²) >= 11 is 0. The van der Waals surface area contributed by atoms with Crippen molar-refractivity contribution in [1.82, 2.24) is 4.90 Å². The van der Waals surface area contributed by atoms with Crippen LogP contribution in [0.3, 0.4) is 0 Å². The van der Waals surface area contributed by atoms with Gasteiger partial charge in [-0.3, -0.25) is 4.90 Å². The molecule has 2 aromatic carbocycles. The third-order valence-corrected chi connectivity index (χ3v) is 4.72. The van der Waals surface area contributed by atoms with Crippen LogP contribution in [0.2, 0.25) is 0 Å². The van der Waals surface area contributed by atoms with E-state index in [-0.39, 0.29) is 0 Å². The minimum atomic E-state index is -0.855. The fourth-order valence-corrected chi connectivity index (χ4v) is 3.46. The van der Waals surface area contributed by atoms with Crippen LogP contribution in [0.25, 0.3) is 0 Å². The minimum absolute atomic E-state index is 0.622. The fourth-order valence-electron chi connectivity index (χ4n) is 3.46. The van der Waals surface area contributed by atoms with E-state index in [2.05, 4.69) is 29.2 Å². The number of nitrogens with zero attached hydrogens (tertiary/aromatic N) is 1. The third kappa shape index (κ3) is 3.55. The van der Waals surface area contributed by atoms with Crippen molar-refractivity contribution in [1.29, 1.82) is 0 Å². The summed E-state index contributed by atoms with van der Waals surface area (Å²) < 4.78 is 10.7. The summed E-state index contributed by atoms with van der Waals surface area (Å²) in [6.07, 6.45) is 1.73. The molecule has 1 fully saturated rings. The topological polar surface area (TPSA) is 41.9 Å². The Balaban J connectivity index is 1.79. The fraction of sp³-hybridized carbons (Fsp3) is 0.400. The van der Waals surface area contributed by atoms with Crippen LogP contribution < -0.4 is 9.47 Å². The summed E-state index contributed by atoms with van der Waals surface area (Å²) in [5, 5.41) is 11.2. The van der Waals surface area contributed by atoms with E-state index in [0.29, 0.717) is 18.0 Å². The van der Waals surface area contributed by atoms with E-state index in [1.165, 1.54) is 5.56 Å². The molecule has 1 N–H and O–H groups in total. The molecular weight excluding hydrogens is 302 g/mol. The lowest BCUT2D eigenvalue weighted by atomic mass is 9.85. The van der Waals surface area contributed by atoms with Crippen molar-refractivity contribution in [2.75, 3.05) is 27.3 Å². The molecule has 24 heavy (non-hydrogen) atoms. The Labute approximate surface area is 143 Å². The average Bonchev–Trinajstić information content (AvgIpc) is 2.62. The molecule has 1 heterocycles. The van der Waals surface area contributed by atoms with Crippen molar-refractivity contribution < 1.29 is 14.6 Å². The number of methoxy groups -OCH3 is 2. The second-order valence-electron chi connectivity index (χ2n) is 6.40. The molecule has 1 saturated heterocycles. The van der Waals surface area contributed by atoms with E-state index in [1.54, 1.807) is 14.2 Å². The van der Waals surface area contributed by atoms with Crippen LogP contribution in [0.4, 0.5) is 0 Å². The lowest BCUT2D eigenvalue weighted by Crippen LogP contribution is -2.45. The van der Waals surface area contributed by atoms with Crippen molar-refractivity contribution in [3.8, 4) is 11.5 Å². The van der Waals surface area contributed by atoms with E-state index in [4.69, 9.17) is 9.47 Å². The molecule has 1 unspecified atom stereocenters. The van der Waals surface area contributed by atoms with Gasteiger partial charge in [0.25, 0.3) is 0 Å². The molecule has 0 bridgehead atoms. The number of likely N-dealkylation sites (tertiary alicyclic amines) is 1. The Bertz CT molecular complexity index is 674.